The van der Waals surface area contributed by atoms with Crippen molar-refractivity contribution in [1.82, 2.24) is 10.6 Å². The Labute approximate surface area is 189 Å². The lowest BCUT2D eigenvalue weighted by molar-refractivity contribution is 0.134. The topological polar surface area (TPSA) is 132 Å². The van der Waals surface area contributed by atoms with Gasteiger partial charge in [-0.1, -0.05) is 31.9 Å². The second-order valence-corrected chi connectivity index (χ2v) is 8.99. The van der Waals surface area contributed by atoms with Gasteiger partial charge in [0.15, 0.2) is 0 Å². The van der Waals surface area contributed by atoms with Crippen molar-refractivity contribution in [2.75, 3.05) is 39.6 Å². The van der Waals surface area contributed by atoms with Crippen LogP contribution in [-0.4, -0.2) is 56.7 Å². The number of nitrogens with one attached hydrogen (secondary N) is 2. The zero-order valence-corrected chi connectivity index (χ0v) is 19.7. The lowest BCUT2D eigenvalue weighted by Crippen LogP contribution is -2.30. The minimum absolute atomic E-state index is 0.0999. The van der Waals surface area contributed by atoms with Crippen LogP contribution in [0.3, 0.4) is 0 Å². The molecule has 0 fully saturated rings. The number of unbranched alkanes of at least 4 members (excludes halogenated alkanes) is 3. The van der Waals surface area contributed by atoms with Crippen molar-refractivity contribution in [3.05, 3.63) is 29.8 Å². The summed E-state index contributed by atoms with van der Waals surface area (Å²) in [7, 11) is -3.39. The van der Waals surface area contributed by atoms with E-state index in [2.05, 4.69) is 10.6 Å². The van der Waals surface area contributed by atoms with Crippen molar-refractivity contribution in [2.45, 2.75) is 45.6 Å². The van der Waals surface area contributed by atoms with E-state index in [-0.39, 0.29) is 13.2 Å². The van der Waals surface area contributed by atoms with Gasteiger partial charge in [0.05, 0.1) is 13.2 Å². The van der Waals surface area contributed by atoms with Gasteiger partial charge in [-0.2, -0.15) is 0 Å². The molecule has 0 saturated heterocycles. The third-order valence-corrected chi connectivity index (χ3v) is 4.70. The molecule has 0 aromatic heterocycles. The minimum atomic E-state index is -3.39. The lowest BCUT2D eigenvalue weighted by Gasteiger charge is -2.09. The molecule has 1 unspecified atom stereocenters. The summed E-state index contributed by atoms with van der Waals surface area (Å²) in [6.45, 7) is 5.48. The Balaban J connectivity index is 2.10. The van der Waals surface area contributed by atoms with Gasteiger partial charge < -0.3 is 34.3 Å². The van der Waals surface area contributed by atoms with Crippen LogP contribution in [0.4, 0.5) is 9.59 Å². The average Bonchev–Trinajstić information content (AvgIpc) is 2.74. The molecular formula is C21H35N2O8P. The number of rotatable bonds is 16. The van der Waals surface area contributed by atoms with Gasteiger partial charge in [0.2, 0.25) is 0 Å². The largest absolute Gasteiger partial charge is 0.445 e. The van der Waals surface area contributed by atoms with Gasteiger partial charge in [-0.15, -0.1) is 0 Å². The van der Waals surface area contributed by atoms with Crippen molar-refractivity contribution in [3.8, 4) is 5.75 Å². The summed E-state index contributed by atoms with van der Waals surface area (Å²) in [5, 5.41) is 5.27. The fraction of sp³-hybridized carbons (Fsp3) is 0.619. The Hall–Kier alpha value is -2.13. The Kier molecular flexibility index (Phi) is 14.4. The zero-order chi connectivity index (χ0) is 23.7. The molecule has 0 aliphatic carbocycles. The monoisotopic (exact) mass is 474 g/mol. The van der Waals surface area contributed by atoms with E-state index in [0.29, 0.717) is 38.5 Å². The maximum absolute atomic E-state index is 11.7. The second-order valence-electron chi connectivity index (χ2n) is 7.13. The van der Waals surface area contributed by atoms with Crippen LogP contribution in [0, 0.1) is 0 Å². The molecule has 0 spiro atoms. The third kappa shape index (κ3) is 15.6. The van der Waals surface area contributed by atoms with Gasteiger partial charge in [-0.25, -0.2) is 9.59 Å². The van der Waals surface area contributed by atoms with Crippen LogP contribution in [-0.2, 0) is 25.2 Å². The number of carbonyl (C=O) groups excluding carboxylic acids is 2. The molecule has 10 nitrogen and oxygen atoms in total. The molecular weight excluding hydrogens is 439 g/mol. The van der Waals surface area contributed by atoms with Crippen molar-refractivity contribution >= 4 is 19.8 Å². The highest BCUT2D eigenvalue weighted by Crippen LogP contribution is 2.36. The van der Waals surface area contributed by atoms with Gasteiger partial charge in [-0.3, -0.25) is 4.57 Å². The zero-order valence-electron chi connectivity index (χ0n) is 18.8. The highest BCUT2D eigenvalue weighted by atomic mass is 31.2. The number of hydrogen-bond acceptors (Lipinski definition) is 7. The number of ether oxygens (including phenoxy) is 3. The summed E-state index contributed by atoms with van der Waals surface area (Å²) in [6.07, 6.45) is 3.04. The fourth-order valence-corrected chi connectivity index (χ4v) is 2.94. The number of amides is 2. The molecule has 11 heteroatoms. The molecule has 2 amide bonds. The van der Waals surface area contributed by atoms with Crippen LogP contribution >= 0.6 is 7.60 Å². The molecule has 182 valence electrons. The molecule has 0 bridgehead atoms. The lowest BCUT2D eigenvalue weighted by atomic mass is 10.2. The molecule has 0 radical (unpaired) electrons. The van der Waals surface area contributed by atoms with Gasteiger partial charge in [0.25, 0.3) is 0 Å². The quantitative estimate of drug-likeness (QED) is 0.243. The van der Waals surface area contributed by atoms with Crippen LogP contribution < -0.4 is 15.4 Å². The van der Waals surface area contributed by atoms with Gasteiger partial charge >= 0.3 is 19.8 Å². The smallest absolute Gasteiger partial charge is 0.412 e. The number of carbonyl (C=O) groups is 2. The molecule has 0 aliphatic heterocycles. The summed E-state index contributed by atoms with van der Waals surface area (Å²) in [5.41, 5.74) is 0.762. The molecule has 0 saturated carbocycles. The van der Waals surface area contributed by atoms with Gasteiger partial charge in [0, 0.05) is 26.4 Å². The minimum Gasteiger partial charge on any atom is -0.445 e. The van der Waals surface area contributed by atoms with Crippen LogP contribution in [0.1, 0.15) is 44.6 Å². The number of hydrogen-bond donors (Lipinski definition) is 3. The first-order chi connectivity index (χ1) is 15.3. The van der Waals surface area contributed by atoms with E-state index < -0.39 is 19.8 Å². The van der Waals surface area contributed by atoms with Crippen LogP contribution in [0.25, 0.3) is 0 Å². The summed E-state index contributed by atoms with van der Waals surface area (Å²) < 4.78 is 31.3. The Morgan fingerprint density at radius 1 is 0.938 bits per heavy atom. The highest BCUT2D eigenvalue weighted by molar-refractivity contribution is 7.51. The standard InChI is InChI=1S/C21H35N2O8P/c1-3-14-28-16-13-23-21(25)31-19-10-8-18(9-11-19)17-29-20(24)22-12-6-4-5-7-15-30-32(2,26)27/h8-11H,3-7,12-17H2,1-2H3,(H,22,24)(H,23,25)(H,26,27). The third-order valence-electron chi connectivity index (χ3n) is 4.04. The van der Waals surface area contributed by atoms with Crippen molar-refractivity contribution in [3.63, 3.8) is 0 Å². The van der Waals surface area contributed by atoms with Crippen molar-refractivity contribution < 1.29 is 37.8 Å². The van der Waals surface area contributed by atoms with E-state index in [1.54, 1.807) is 24.3 Å². The Bertz CT molecular complexity index is 708. The first kappa shape index (κ1) is 27.9. The van der Waals surface area contributed by atoms with E-state index in [1.807, 2.05) is 6.92 Å². The molecule has 0 aliphatic rings. The van der Waals surface area contributed by atoms with Crippen molar-refractivity contribution in [1.29, 1.82) is 0 Å². The molecule has 3 N–H and O–H groups in total. The fourth-order valence-electron chi connectivity index (χ4n) is 2.47. The Morgan fingerprint density at radius 2 is 1.62 bits per heavy atom. The molecule has 1 atom stereocenters. The van der Waals surface area contributed by atoms with Crippen LogP contribution in [0.2, 0.25) is 0 Å². The highest BCUT2D eigenvalue weighted by Gasteiger charge is 2.08. The summed E-state index contributed by atoms with van der Waals surface area (Å²) in [5.74, 6) is 0.385. The summed E-state index contributed by atoms with van der Waals surface area (Å²) >= 11 is 0. The van der Waals surface area contributed by atoms with Crippen LogP contribution in [0.5, 0.6) is 5.75 Å². The van der Waals surface area contributed by atoms with Gasteiger partial charge in [0.1, 0.15) is 12.4 Å². The predicted octanol–water partition coefficient (Wildman–Crippen LogP) is 3.82. The molecule has 1 aromatic carbocycles. The first-order valence-corrected chi connectivity index (χ1v) is 12.8. The summed E-state index contributed by atoms with van der Waals surface area (Å²) in [4.78, 5) is 32.4. The predicted molar refractivity (Wildman–Crippen MR) is 120 cm³/mol. The SMILES string of the molecule is CCCOCCNC(=O)Oc1ccc(COC(=O)NCCCCCCOP(C)(=O)O)cc1. The second kappa shape index (κ2) is 16.5. The van der Waals surface area contributed by atoms with E-state index >= 15 is 0 Å². The average molecular weight is 474 g/mol. The molecule has 32 heavy (non-hydrogen) atoms. The van der Waals surface area contributed by atoms with E-state index in [1.165, 1.54) is 0 Å². The number of benzene rings is 1. The molecule has 1 aromatic rings. The van der Waals surface area contributed by atoms with E-state index in [9.17, 15) is 14.2 Å². The van der Waals surface area contributed by atoms with Crippen LogP contribution in [0.15, 0.2) is 24.3 Å². The molecule has 1 rings (SSSR count). The maximum Gasteiger partial charge on any atom is 0.412 e. The molecule has 0 heterocycles. The van der Waals surface area contributed by atoms with E-state index in [0.717, 1.165) is 37.9 Å². The van der Waals surface area contributed by atoms with Crippen molar-refractivity contribution in [2.24, 2.45) is 0 Å². The summed E-state index contributed by atoms with van der Waals surface area (Å²) in [6, 6.07) is 6.68. The van der Waals surface area contributed by atoms with E-state index in [4.69, 9.17) is 23.6 Å². The Morgan fingerprint density at radius 3 is 2.31 bits per heavy atom. The maximum atomic E-state index is 11.7. The normalized spacial score (nSPS) is 12.6. The van der Waals surface area contributed by atoms with Gasteiger partial charge in [-0.05, 0) is 37.0 Å². The first-order valence-electron chi connectivity index (χ1n) is 10.8. The number of alkyl carbamates (subject to hydrolysis) is 1.